The van der Waals surface area contributed by atoms with E-state index < -0.39 is 13.9 Å². The molecule has 0 fully saturated rings. The number of amides is 2. The summed E-state index contributed by atoms with van der Waals surface area (Å²) in [6, 6.07) is 39.8. The smallest absolute Gasteiger partial charge is 0.315 e. The number of benzene rings is 4. The van der Waals surface area contributed by atoms with Gasteiger partial charge in [-0.05, 0) is 82.3 Å². The summed E-state index contributed by atoms with van der Waals surface area (Å²) >= 11 is 0. The zero-order valence-electron chi connectivity index (χ0n) is 31.4. The van der Waals surface area contributed by atoms with Crippen LogP contribution in [0.25, 0.3) is 0 Å². The van der Waals surface area contributed by atoms with Crippen LogP contribution in [0.4, 0.5) is 4.79 Å². The van der Waals surface area contributed by atoms with Crippen LogP contribution in [0.15, 0.2) is 121 Å². The molecule has 0 bridgehead atoms. The van der Waals surface area contributed by atoms with Gasteiger partial charge in [-0.3, -0.25) is 4.98 Å². The van der Waals surface area contributed by atoms with Gasteiger partial charge in [0.25, 0.3) is 0 Å². The lowest BCUT2D eigenvalue weighted by atomic mass is 9.80. The molecule has 0 aliphatic carbocycles. The quantitative estimate of drug-likeness (QED) is 0.0830. The molecule has 0 saturated heterocycles. The molecule has 1 heterocycles. The molecule has 1 aromatic heterocycles. The van der Waals surface area contributed by atoms with Gasteiger partial charge in [-0.15, -0.1) is 0 Å². The fourth-order valence-electron chi connectivity index (χ4n) is 5.69. The molecule has 8 nitrogen and oxygen atoms in total. The van der Waals surface area contributed by atoms with Crippen molar-refractivity contribution in [2.75, 3.05) is 14.2 Å². The summed E-state index contributed by atoms with van der Waals surface area (Å²) < 4.78 is 24.3. The number of rotatable bonds is 15. The van der Waals surface area contributed by atoms with Crippen molar-refractivity contribution >= 4 is 14.3 Å². The van der Waals surface area contributed by atoms with Crippen molar-refractivity contribution in [2.45, 2.75) is 70.8 Å². The molecule has 0 aliphatic heterocycles. The van der Waals surface area contributed by atoms with Crippen LogP contribution in [0.2, 0.25) is 18.1 Å². The monoisotopic (exact) mass is 717 g/mol. The Labute approximate surface area is 309 Å². The third kappa shape index (κ3) is 9.47. The molecule has 0 aliphatic rings. The van der Waals surface area contributed by atoms with E-state index >= 15 is 0 Å². The van der Waals surface area contributed by atoms with E-state index in [4.69, 9.17) is 23.6 Å². The molecular formula is C43H51N3O5Si. The summed E-state index contributed by atoms with van der Waals surface area (Å²) in [4.78, 5) is 17.5. The van der Waals surface area contributed by atoms with Crippen molar-refractivity contribution < 1.29 is 23.4 Å². The number of aromatic nitrogens is 1. The second-order valence-electron chi connectivity index (χ2n) is 14.3. The number of nitrogens with zero attached hydrogens (tertiary/aromatic N) is 1. The molecule has 0 radical (unpaired) electrons. The fraction of sp³-hybridized carbons (Fsp3) is 0.302. The van der Waals surface area contributed by atoms with E-state index in [1.54, 1.807) is 14.2 Å². The van der Waals surface area contributed by atoms with Gasteiger partial charge in [0.2, 0.25) is 0 Å². The summed E-state index contributed by atoms with van der Waals surface area (Å²) in [6.07, 6.45) is 0. The minimum Gasteiger partial charge on any atom is -0.497 e. The lowest BCUT2D eigenvalue weighted by molar-refractivity contribution is 0.000167. The van der Waals surface area contributed by atoms with Crippen molar-refractivity contribution in [3.05, 3.63) is 161 Å². The van der Waals surface area contributed by atoms with Gasteiger partial charge in [0, 0.05) is 6.54 Å². The van der Waals surface area contributed by atoms with Gasteiger partial charge in [-0.2, -0.15) is 0 Å². The van der Waals surface area contributed by atoms with E-state index in [0.29, 0.717) is 26.3 Å². The third-order valence-electron chi connectivity index (χ3n) is 9.75. The molecule has 2 N–H and O–H groups in total. The molecule has 5 aromatic rings. The van der Waals surface area contributed by atoms with Gasteiger partial charge in [0.15, 0.2) is 8.32 Å². The lowest BCUT2D eigenvalue weighted by Crippen LogP contribution is -2.40. The Balaban J connectivity index is 1.27. The summed E-state index contributed by atoms with van der Waals surface area (Å²) in [5, 5.41) is 6.04. The molecule has 0 atom stereocenters. The van der Waals surface area contributed by atoms with Crippen molar-refractivity contribution in [1.82, 2.24) is 15.6 Å². The standard InChI is InChI=1S/C43H51N3O5Si/c1-42(2,3)52(6,7)51-31-38-18-12-17-37(46-38)29-45-41(47)44-28-32-13-11-14-33(27-32)30-50-43(34-15-9-8-10-16-34,35-19-23-39(48-4)24-20-35)36-21-25-40(49-5)26-22-36/h8-27H,28-31H2,1-7H3,(H2,44,45,47). The number of pyridine rings is 1. The van der Waals surface area contributed by atoms with Crippen molar-refractivity contribution in [3.8, 4) is 11.5 Å². The highest BCUT2D eigenvalue weighted by molar-refractivity contribution is 6.74. The van der Waals surface area contributed by atoms with Gasteiger partial charge in [-0.1, -0.05) is 106 Å². The van der Waals surface area contributed by atoms with Crippen LogP contribution < -0.4 is 20.1 Å². The molecule has 2 amide bonds. The van der Waals surface area contributed by atoms with Gasteiger partial charge in [-0.25, -0.2) is 4.79 Å². The Bertz CT molecular complexity index is 1840. The minimum atomic E-state index is -1.89. The molecule has 4 aromatic carbocycles. The van der Waals surface area contributed by atoms with E-state index in [2.05, 4.69) is 62.7 Å². The zero-order chi connectivity index (χ0) is 37.2. The number of urea groups is 1. The van der Waals surface area contributed by atoms with Gasteiger partial charge in [0.05, 0.1) is 45.4 Å². The van der Waals surface area contributed by atoms with E-state index in [1.165, 1.54) is 0 Å². The van der Waals surface area contributed by atoms with Crippen LogP contribution in [0.1, 0.15) is 60.0 Å². The molecule has 0 unspecified atom stereocenters. The van der Waals surface area contributed by atoms with Crippen molar-refractivity contribution in [1.29, 1.82) is 0 Å². The second-order valence-corrected chi connectivity index (χ2v) is 19.1. The number of nitrogens with one attached hydrogen (secondary N) is 2. The number of ether oxygens (including phenoxy) is 3. The third-order valence-corrected chi connectivity index (χ3v) is 14.2. The molecule has 9 heteroatoms. The summed E-state index contributed by atoms with van der Waals surface area (Å²) in [5.41, 5.74) is 5.55. The summed E-state index contributed by atoms with van der Waals surface area (Å²) in [7, 11) is 1.43. The van der Waals surface area contributed by atoms with E-state index in [0.717, 1.165) is 50.7 Å². The highest BCUT2D eigenvalue weighted by Crippen LogP contribution is 2.42. The first-order chi connectivity index (χ1) is 24.9. The first-order valence-corrected chi connectivity index (χ1v) is 20.5. The van der Waals surface area contributed by atoms with E-state index in [-0.39, 0.29) is 11.1 Å². The van der Waals surface area contributed by atoms with Gasteiger partial charge >= 0.3 is 6.03 Å². The Hall–Kier alpha value is -4.96. The first-order valence-electron chi connectivity index (χ1n) is 17.6. The summed E-state index contributed by atoms with van der Waals surface area (Å²) in [5.74, 6) is 1.53. The van der Waals surface area contributed by atoms with Gasteiger partial charge < -0.3 is 29.3 Å². The number of hydrogen-bond acceptors (Lipinski definition) is 6. The maximum absolute atomic E-state index is 12.8. The van der Waals surface area contributed by atoms with Crippen LogP contribution in [0, 0.1) is 0 Å². The van der Waals surface area contributed by atoms with Gasteiger partial charge in [0.1, 0.15) is 17.1 Å². The maximum atomic E-state index is 12.8. The predicted molar refractivity (Wildman–Crippen MR) is 209 cm³/mol. The molecular weight excluding hydrogens is 667 g/mol. The largest absolute Gasteiger partial charge is 0.497 e. The SMILES string of the molecule is COc1ccc(C(OCc2cccc(CNC(=O)NCc3cccc(CO[Si](C)(C)C(C)(C)C)n3)c2)(c2ccccc2)c2ccc(OC)cc2)cc1. The fourth-order valence-corrected chi connectivity index (χ4v) is 6.63. The Morgan fingerprint density at radius 1 is 0.635 bits per heavy atom. The maximum Gasteiger partial charge on any atom is 0.315 e. The molecule has 0 spiro atoms. The number of hydrogen-bond donors (Lipinski definition) is 2. The highest BCUT2D eigenvalue weighted by Gasteiger charge is 2.38. The molecule has 5 rings (SSSR count). The minimum absolute atomic E-state index is 0.123. The van der Waals surface area contributed by atoms with Crippen LogP contribution in [-0.2, 0) is 41.1 Å². The summed E-state index contributed by atoms with van der Waals surface area (Å²) in [6.45, 7) is 12.6. The van der Waals surface area contributed by atoms with E-state index in [1.807, 2.05) is 103 Å². The number of carbonyl (C=O) groups is 1. The highest BCUT2D eigenvalue weighted by atomic mass is 28.4. The Kier molecular flexibility index (Phi) is 12.5. The van der Waals surface area contributed by atoms with Crippen LogP contribution in [-0.4, -0.2) is 33.6 Å². The predicted octanol–water partition coefficient (Wildman–Crippen LogP) is 9.13. The first kappa shape index (κ1) is 38.3. The zero-order valence-corrected chi connectivity index (χ0v) is 32.4. The average Bonchev–Trinajstić information content (AvgIpc) is 3.16. The molecule has 0 saturated carbocycles. The Morgan fingerprint density at radius 2 is 1.17 bits per heavy atom. The van der Waals surface area contributed by atoms with Crippen LogP contribution in [0.3, 0.4) is 0 Å². The molecule has 272 valence electrons. The lowest BCUT2D eigenvalue weighted by Gasteiger charge is -2.36. The van der Waals surface area contributed by atoms with Crippen LogP contribution >= 0.6 is 0 Å². The number of carbonyl (C=O) groups excluding carboxylic acids is 1. The normalized spacial score (nSPS) is 11.9. The topological polar surface area (TPSA) is 90.9 Å². The van der Waals surface area contributed by atoms with Crippen molar-refractivity contribution in [3.63, 3.8) is 0 Å². The molecule has 52 heavy (non-hydrogen) atoms. The second kappa shape index (κ2) is 17.0. The van der Waals surface area contributed by atoms with E-state index in [9.17, 15) is 4.79 Å². The average molecular weight is 718 g/mol. The number of methoxy groups -OCH3 is 2. The van der Waals surface area contributed by atoms with Crippen molar-refractivity contribution in [2.24, 2.45) is 0 Å². The Morgan fingerprint density at radius 3 is 1.77 bits per heavy atom. The van der Waals surface area contributed by atoms with Crippen LogP contribution in [0.5, 0.6) is 11.5 Å².